The summed E-state index contributed by atoms with van der Waals surface area (Å²) >= 11 is 0. The van der Waals surface area contributed by atoms with Crippen molar-refractivity contribution in [2.45, 2.75) is 58.8 Å². The molecule has 1 fully saturated rings. The standard InChI is InChI=1S/C22H29N3O4/c1-6-15-7-9-16(10-8-15)12-23-20(28)18-11-17(27)13-25(18)21(29)19(22(3,4)5)24-14(2)26/h1,7-10,17-19,27H,11-13H2,2-5H3,(H,23,28)(H,24,26)/t17-,18+,19-/m1/s1. The van der Waals surface area contributed by atoms with Crippen molar-refractivity contribution < 1.29 is 19.5 Å². The summed E-state index contributed by atoms with van der Waals surface area (Å²) in [5.74, 6) is 1.50. The van der Waals surface area contributed by atoms with Gasteiger partial charge in [0.2, 0.25) is 17.7 Å². The normalized spacial score (nSPS) is 19.9. The number of benzene rings is 1. The Kier molecular flexibility index (Phi) is 7.04. The van der Waals surface area contributed by atoms with Gasteiger partial charge in [0.05, 0.1) is 6.10 Å². The molecule has 0 aliphatic carbocycles. The molecule has 0 saturated carbocycles. The molecule has 0 radical (unpaired) electrons. The molecule has 156 valence electrons. The monoisotopic (exact) mass is 399 g/mol. The number of nitrogens with zero attached hydrogens (tertiary/aromatic N) is 1. The van der Waals surface area contributed by atoms with E-state index in [1.54, 1.807) is 12.1 Å². The molecule has 7 heteroatoms. The lowest BCUT2D eigenvalue weighted by Gasteiger charge is -2.35. The van der Waals surface area contributed by atoms with Gasteiger partial charge in [0.1, 0.15) is 12.1 Å². The first-order valence-electron chi connectivity index (χ1n) is 9.62. The molecule has 1 heterocycles. The maximum atomic E-state index is 13.1. The van der Waals surface area contributed by atoms with Gasteiger partial charge in [-0.1, -0.05) is 38.8 Å². The summed E-state index contributed by atoms with van der Waals surface area (Å²) in [4.78, 5) is 38.8. The molecule has 0 spiro atoms. The largest absolute Gasteiger partial charge is 0.391 e. The molecule has 3 amide bonds. The van der Waals surface area contributed by atoms with E-state index < -0.39 is 23.6 Å². The fourth-order valence-electron chi connectivity index (χ4n) is 3.35. The van der Waals surface area contributed by atoms with Gasteiger partial charge in [-0.05, 0) is 23.1 Å². The van der Waals surface area contributed by atoms with Crippen LogP contribution in [0.1, 0.15) is 45.2 Å². The van der Waals surface area contributed by atoms with Crippen LogP contribution in [0.4, 0.5) is 0 Å². The van der Waals surface area contributed by atoms with Crippen molar-refractivity contribution in [1.82, 2.24) is 15.5 Å². The van der Waals surface area contributed by atoms with E-state index in [0.29, 0.717) is 0 Å². The Balaban J connectivity index is 2.11. The Hall–Kier alpha value is -2.85. The van der Waals surface area contributed by atoms with Gasteiger partial charge < -0.3 is 20.6 Å². The highest BCUT2D eigenvalue weighted by Crippen LogP contribution is 2.26. The molecule has 1 saturated heterocycles. The number of amides is 3. The van der Waals surface area contributed by atoms with Gasteiger partial charge in [-0.15, -0.1) is 6.42 Å². The second-order valence-electron chi connectivity index (χ2n) is 8.45. The zero-order valence-electron chi connectivity index (χ0n) is 17.4. The summed E-state index contributed by atoms with van der Waals surface area (Å²) in [5.41, 5.74) is 1.08. The summed E-state index contributed by atoms with van der Waals surface area (Å²) < 4.78 is 0. The van der Waals surface area contributed by atoms with E-state index in [-0.39, 0.29) is 37.2 Å². The summed E-state index contributed by atoms with van der Waals surface area (Å²) in [6, 6.07) is 5.65. The van der Waals surface area contributed by atoms with Gasteiger partial charge in [0.25, 0.3) is 0 Å². The molecule has 3 atom stereocenters. The molecule has 3 N–H and O–H groups in total. The van der Waals surface area contributed by atoms with Crippen LogP contribution in [-0.4, -0.2) is 52.5 Å². The number of rotatable bonds is 5. The van der Waals surface area contributed by atoms with Gasteiger partial charge in [0.15, 0.2) is 0 Å². The third kappa shape index (κ3) is 5.81. The van der Waals surface area contributed by atoms with E-state index >= 15 is 0 Å². The number of nitrogens with one attached hydrogen (secondary N) is 2. The Morgan fingerprint density at radius 2 is 1.90 bits per heavy atom. The van der Waals surface area contributed by atoms with Crippen molar-refractivity contribution >= 4 is 17.7 Å². The van der Waals surface area contributed by atoms with Gasteiger partial charge in [-0.3, -0.25) is 14.4 Å². The summed E-state index contributed by atoms with van der Waals surface area (Å²) in [6.07, 6.45) is 4.71. The number of aliphatic hydroxyl groups excluding tert-OH is 1. The Morgan fingerprint density at radius 1 is 1.28 bits per heavy atom. The average molecular weight is 399 g/mol. The quantitative estimate of drug-likeness (QED) is 0.638. The maximum Gasteiger partial charge on any atom is 0.246 e. The van der Waals surface area contributed by atoms with Gasteiger partial charge >= 0.3 is 0 Å². The van der Waals surface area contributed by atoms with Crippen LogP contribution in [-0.2, 0) is 20.9 Å². The summed E-state index contributed by atoms with van der Waals surface area (Å²) in [7, 11) is 0. The van der Waals surface area contributed by atoms with Crippen molar-refractivity contribution in [2.24, 2.45) is 5.41 Å². The van der Waals surface area contributed by atoms with Crippen molar-refractivity contribution in [3.8, 4) is 12.3 Å². The van der Waals surface area contributed by atoms with Gasteiger partial charge in [-0.2, -0.15) is 0 Å². The molecule has 0 aromatic heterocycles. The fraction of sp³-hybridized carbons (Fsp3) is 0.500. The molecule has 0 bridgehead atoms. The third-order valence-corrected chi connectivity index (χ3v) is 4.91. The Labute approximate surface area is 171 Å². The van der Waals surface area contributed by atoms with Gasteiger partial charge in [-0.25, -0.2) is 0 Å². The van der Waals surface area contributed by atoms with Crippen LogP contribution in [0.15, 0.2) is 24.3 Å². The first-order valence-corrected chi connectivity index (χ1v) is 9.62. The van der Waals surface area contributed by atoms with Crippen LogP contribution in [0.5, 0.6) is 0 Å². The zero-order valence-corrected chi connectivity index (χ0v) is 17.4. The highest BCUT2D eigenvalue weighted by molar-refractivity contribution is 5.92. The minimum atomic E-state index is -0.795. The van der Waals surface area contributed by atoms with Crippen molar-refractivity contribution in [3.05, 3.63) is 35.4 Å². The minimum absolute atomic E-state index is 0.0555. The smallest absolute Gasteiger partial charge is 0.246 e. The molecule has 1 aromatic carbocycles. The topological polar surface area (TPSA) is 98.7 Å². The molecule has 2 rings (SSSR count). The van der Waals surface area contributed by atoms with Crippen LogP contribution in [0.3, 0.4) is 0 Å². The average Bonchev–Trinajstić information content (AvgIpc) is 3.05. The zero-order chi connectivity index (χ0) is 21.8. The second-order valence-corrected chi connectivity index (χ2v) is 8.45. The second kappa shape index (κ2) is 9.10. The molecular formula is C22H29N3O4. The molecule has 1 aromatic rings. The van der Waals surface area contributed by atoms with Crippen LogP contribution in [0, 0.1) is 17.8 Å². The third-order valence-electron chi connectivity index (χ3n) is 4.91. The van der Waals surface area contributed by atoms with Gasteiger partial charge in [0, 0.05) is 32.0 Å². The molecular weight excluding hydrogens is 370 g/mol. The van der Waals surface area contributed by atoms with E-state index in [2.05, 4.69) is 16.6 Å². The van der Waals surface area contributed by atoms with Crippen LogP contribution >= 0.6 is 0 Å². The van der Waals surface area contributed by atoms with E-state index in [4.69, 9.17) is 6.42 Å². The molecule has 1 aliphatic heterocycles. The summed E-state index contributed by atoms with van der Waals surface area (Å²) in [6.45, 7) is 7.21. The highest BCUT2D eigenvalue weighted by Gasteiger charge is 2.44. The lowest BCUT2D eigenvalue weighted by atomic mass is 9.85. The van der Waals surface area contributed by atoms with E-state index in [1.165, 1.54) is 11.8 Å². The van der Waals surface area contributed by atoms with E-state index in [1.807, 2.05) is 32.9 Å². The minimum Gasteiger partial charge on any atom is -0.391 e. The Bertz CT molecular complexity index is 805. The van der Waals surface area contributed by atoms with E-state index in [9.17, 15) is 19.5 Å². The lowest BCUT2D eigenvalue weighted by Crippen LogP contribution is -2.57. The lowest BCUT2D eigenvalue weighted by molar-refractivity contribution is -0.143. The fourth-order valence-corrected chi connectivity index (χ4v) is 3.35. The first-order chi connectivity index (χ1) is 13.5. The predicted octanol–water partition coefficient (Wildman–Crippen LogP) is 0.797. The van der Waals surface area contributed by atoms with Crippen molar-refractivity contribution in [3.63, 3.8) is 0 Å². The number of hydrogen-bond donors (Lipinski definition) is 3. The van der Waals surface area contributed by atoms with E-state index in [0.717, 1.165) is 11.1 Å². The number of carbonyl (C=O) groups is 3. The number of hydrogen-bond acceptors (Lipinski definition) is 4. The molecule has 1 aliphatic rings. The summed E-state index contributed by atoms with van der Waals surface area (Å²) in [5, 5.41) is 15.6. The highest BCUT2D eigenvalue weighted by atomic mass is 16.3. The predicted molar refractivity (Wildman–Crippen MR) is 109 cm³/mol. The van der Waals surface area contributed by atoms with Crippen LogP contribution in [0.25, 0.3) is 0 Å². The van der Waals surface area contributed by atoms with Crippen molar-refractivity contribution in [1.29, 1.82) is 0 Å². The number of β-amino-alcohol motifs (C(OH)–C–C–N with tert-alkyl or cyclic N) is 1. The van der Waals surface area contributed by atoms with Crippen LogP contribution in [0.2, 0.25) is 0 Å². The maximum absolute atomic E-state index is 13.1. The first kappa shape index (κ1) is 22.4. The SMILES string of the molecule is C#Cc1ccc(CNC(=O)[C@@H]2C[C@@H](O)CN2C(=O)[C@@H](NC(C)=O)C(C)(C)C)cc1. The van der Waals surface area contributed by atoms with Crippen molar-refractivity contribution in [2.75, 3.05) is 6.54 Å². The number of terminal acetylenes is 1. The molecule has 29 heavy (non-hydrogen) atoms. The van der Waals surface area contributed by atoms with Crippen LogP contribution < -0.4 is 10.6 Å². The molecule has 0 unspecified atom stereocenters. The Morgan fingerprint density at radius 3 is 2.41 bits per heavy atom. The number of carbonyl (C=O) groups excluding carboxylic acids is 3. The number of aliphatic hydroxyl groups is 1. The number of likely N-dealkylation sites (tertiary alicyclic amines) is 1. The molecule has 7 nitrogen and oxygen atoms in total.